The fourth-order valence-corrected chi connectivity index (χ4v) is 2.91. The van der Waals surface area contributed by atoms with Crippen LogP contribution >= 0.6 is 0 Å². The first-order valence-corrected chi connectivity index (χ1v) is 6.34. The zero-order chi connectivity index (χ0) is 14.1. The Kier molecular flexibility index (Phi) is 3.85. The molecule has 0 bridgehead atoms. The molecule has 0 aromatic carbocycles. The molecule has 1 spiro atoms. The summed E-state index contributed by atoms with van der Waals surface area (Å²) in [6, 6.07) is 0. The summed E-state index contributed by atoms with van der Waals surface area (Å²) in [5, 5.41) is 2.94. The Morgan fingerprint density at radius 3 is 2.47 bits per heavy atom. The van der Waals surface area contributed by atoms with Gasteiger partial charge in [0.2, 0.25) is 0 Å². The highest BCUT2D eigenvalue weighted by Gasteiger charge is 2.49. The molecule has 0 aromatic heterocycles. The van der Waals surface area contributed by atoms with Crippen LogP contribution in [0.15, 0.2) is 0 Å². The number of nitrogens with one attached hydrogen (secondary N) is 1. The van der Waals surface area contributed by atoms with Crippen LogP contribution in [0.5, 0.6) is 0 Å². The Morgan fingerprint density at radius 2 is 1.89 bits per heavy atom. The minimum absolute atomic E-state index is 0.130. The van der Waals surface area contributed by atoms with Gasteiger partial charge < -0.3 is 10.1 Å². The average Bonchev–Trinajstić information content (AvgIpc) is 2.34. The summed E-state index contributed by atoms with van der Waals surface area (Å²) in [6.45, 7) is 0.893. The van der Waals surface area contributed by atoms with Gasteiger partial charge in [-0.1, -0.05) is 0 Å². The highest BCUT2D eigenvalue weighted by Crippen LogP contribution is 2.44. The third-order valence-electron chi connectivity index (χ3n) is 4.10. The molecule has 1 saturated heterocycles. The fraction of sp³-hybridized carbons (Fsp3) is 0.833. The van der Waals surface area contributed by atoms with Crippen molar-refractivity contribution in [3.8, 4) is 0 Å². The SMILES string of the molecule is O=C1CCC2(CCNCC2OC(=O)C(F)(F)F)CC1. The topological polar surface area (TPSA) is 55.4 Å². The minimum Gasteiger partial charge on any atom is -0.454 e. The highest BCUT2D eigenvalue weighted by molar-refractivity contribution is 5.79. The van der Waals surface area contributed by atoms with E-state index in [0.29, 0.717) is 38.6 Å². The molecule has 1 atom stereocenters. The molecule has 1 aliphatic heterocycles. The van der Waals surface area contributed by atoms with Crippen LogP contribution in [0.3, 0.4) is 0 Å². The van der Waals surface area contributed by atoms with E-state index in [2.05, 4.69) is 10.1 Å². The first-order chi connectivity index (χ1) is 8.83. The lowest BCUT2D eigenvalue weighted by molar-refractivity contribution is -0.213. The van der Waals surface area contributed by atoms with Gasteiger partial charge in [-0.2, -0.15) is 13.2 Å². The van der Waals surface area contributed by atoms with E-state index in [1.54, 1.807) is 0 Å². The number of hydrogen-bond acceptors (Lipinski definition) is 4. The molecule has 2 fully saturated rings. The van der Waals surface area contributed by atoms with Crippen molar-refractivity contribution in [1.29, 1.82) is 0 Å². The number of ketones is 1. The number of halogens is 3. The van der Waals surface area contributed by atoms with Crippen LogP contribution in [0.4, 0.5) is 13.2 Å². The molecule has 2 aliphatic rings. The largest absolute Gasteiger partial charge is 0.490 e. The van der Waals surface area contributed by atoms with Crippen LogP contribution in [-0.2, 0) is 14.3 Å². The second-order valence-corrected chi connectivity index (χ2v) is 5.25. The van der Waals surface area contributed by atoms with Crippen molar-refractivity contribution in [3.05, 3.63) is 0 Å². The van der Waals surface area contributed by atoms with E-state index in [4.69, 9.17) is 0 Å². The molecule has 0 radical (unpaired) electrons. The van der Waals surface area contributed by atoms with E-state index in [1.165, 1.54) is 0 Å². The first-order valence-electron chi connectivity index (χ1n) is 6.34. The summed E-state index contributed by atoms with van der Waals surface area (Å²) in [5.74, 6) is -2.01. The van der Waals surface area contributed by atoms with Crippen LogP contribution in [0, 0.1) is 5.41 Å². The molecular formula is C12H16F3NO3. The Balaban J connectivity index is 2.08. The van der Waals surface area contributed by atoms with Crippen molar-refractivity contribution < 1.29 is 27.5 Å². The predicted octanol–water partition coefficient (Wildman–Crippen LogP) is 1.58. The van der Waals surface area contributed by atoms with Crippen LogP contribution in [0.2, 0.25) is 0 Å². The van der Waals surface area contributed by atoms with Gasteiger partial charge in [0, 0.05) is 24.8 Å². The van der Waals surface area contributed by atoms with Crippen molar-refractivity contribution in [1.82, 2.24) is 5.32 Å². The molecule has 0 aromatic rings. The van der Waals surface area contributed by atoms with E-state index >= 15 is 0 Å². The van der Waals surface area contributed by atoms with Crippen molar-refractivity contribution in [2.45, 2.75) is 44.4 Å². The number of piperidine rings is 1. The number of esters is 1. The smallest absolute Gasteiger partial charge is 0.454 e. The molecular weight excluding hydrogens is 263 g/mol. The van der Waals surface area contributed by atoms with Crippen molar-refractivity contribution in [2.24, 2.45) is 5.41 Å². The van der Waals surface area contributed by atoms with Gasteiger partial charge in [-0.15, -0.1) is 0 Å². The monoisotopic (exact) mass is 279 g/mol. The molecule has 19 heavy (non-hydrogen) atoms. The second-order valence-electron chi connectivity index (χ2n) is 5.25. The molecule has 0 amide bonds. The van der Waals surface area contributed by atoms with Crippen LogP contribution in [-0.4, -0.2) is 37.1 Å². The number of rotatable bonds is 1. The van der Waals surface area contributed by atoms with Gasteiger partial charge in [0.25, 0.3) is 0 Å². The molecule has 4 nitrogen and oxygen atoms in total. The van der Waals surface area contributed by atoms with Gasteiger partial charge in [0.15, 0.2) is 0 Å². The van der Waals surface area contributed by atoms with Gasteiger partial charge in [-0.05, 0) is 25.8 Å². The summed E-state index contributed by atoms with van der Waals surface area (Å²) in [6.07, 6.45) is -3.41. The third-order valence-corrected chi connectivity index (χ3v) is 4.10. The molecule has 1 heterocycles. The summed E-state index contributed by atoms with van der Waals surface area (Å²) in [7, 11) is 0. The number of ether oxygens (including phenoxy) is 1. The third kappa shape index (κ3) is 3.08. The second kappa shape index (κ2) is 5.11. The summed E-state index contributed by atoms with van der Waals surface area (Å²) < 4.78 is 41.5. The number of carbonyl (C=O) groups excluding carboxylic acids is 2. The first kappa shape index (κ1) is 14.3. The van der Waals surface area contributed by atoms with Crippen molar-refractivity contribution >= 4 is 11.8 Å². The molecule has 1 saturated carbocycles. The number of Topliss-reactive ketones (excluding diaryl/α,β-unsaturated/α-hetero) is 1. The molecule has 1 N–H and O–H groups in total. The Bertz CT molecular complexity index is 371. The Hall–Kier alpha value is -1.11. The maximum absolute atomic E-state index is 12.3. The maximum atomic E-state index is 12.3. The maximum Gasteiger partial charge on any atom is 0.490 e. The lowest BCUT2D eigenvalue weighted by atomic mass is 9.66. The fourth-order valence-electron chi connectivity index (χ4n) is 2.91. The van der Waals surface area contributed by atoms with E-state index in [-0.39, 0.29) is 12.3 Å². The lowest BCUT2D eigenvalue weighted by Gasteiger charge is -2.45. The average molecular weight is 279 g/mol. The predicted molar refractivity (Wildman–Crippen MR) is 59.3 cm³/mol. The number of carbonyl (C=O) groups is 2. The number of alkyl halides is 3. The van der Waals surface area contributed by atoms with Crippen molar-refractivity contribution in [3.63, 3.8) is 0 Å². The quantitative estimate of drug-likeness (QED) is 0.740. The van der Waals surface area contributed by atoms with Gasteiger partial charge in [-0.3, -0.25) is 4.79 Å². The highest BCUT2D eigenvalue weighted by atomic mass is 19.4. The molecule has 108 valence electrons. The molecule has 1 aliphatic carbocycles. The van der Waals surface area contributed by atoms with Crippen LogP contribution in [0.1, 0.15) is 32.1 Å². The van der Waals surface area contributed by atoms with Gasteiger partial charge >= 0.3 is 12.1 Å². The van der Waals surface area contributed by atoms with Crippen LogP contribution in [0.25, 0.3) is 0 Å². The molecule has 7 heteroatoms. The van der Waals surface area contributed by atoms with E-state index in [1.807, 2.05) is 0 Å². The Morgan fingerprint density at radius 1 is 1.26 bits per heavy atom. The zero-order valence-corrected chi connectivity index (χ0v) is 10.4. The van der Waals surface area contributed by atoms with Crippen molar-refractivity contribution in [2.75, 3.05) is 13.1 Å². The lowest BCUT2D eigenvalue weighted by Crippen LogP contribution is -2.53. The van der Waals surface area contributed by atoms with Gasteiger partial charge in [0.05, 0.1) is 0 Å². The summed E-state index contributed by atoms with van der Waals surface area (Å²) >= 11 is 0. The summed E-state index contributed by atoms with van der Waals surface area (Å²) in [4.78, 5) is 22.3. The molecule has 2 rings (SSSR count). The van der Waals surface area contributed by atoms with E-state index in [9.17, 15) is 22.8 Å². The summed E-state index contributed by atoms with van der Waals surface area (Å²) in [5.41, 5.74) is -0.472. The van der Waals surface area contributed by atoms with E-state index < -0.39 is 23.7 Å². The minimum atomic E-state index is -4.97. The molecule has 1 unspecified atom stereocenters. The van der Waals surface area contributed by atoms with Gasteiger partial charge in [0.1, 0.15) is 11.9 Å². The Labute approximate surface area is 108 Å². The van der Waals surface area contributed by atoms with Gasteiger partial charge in [-0.25, -0.2) is 4.79 Å². The van der Waals surface area contributed by atoms with E-state index in [0.717, 1.165) is 0 Å². The number of hydrogen-bond donors (Lipinski definition) is 1. The zero-order valence-electron chi connectivity index (χ0n) is 10.4. The normalized spacial score (nSPS) is 27.3. The van der Waals surface area contributed by atoms with Crippen LogP contribution < -0.4 is 5.32 Å². The standard InChI is InChI=1S/C12H16F3NO3/c13-12(14,15)10(18)19-9-7-16-6-5-11(9)3-1-8(17)2-4-11/h9,16H,1-7H2.